The molecule has 1 aromatic rings. The monoisotopic (exact) mass is 479 g/mol. The van der Waals surface area contributed by atoms with Gasteiger partial charge in [0.15, 0.2) is 0 Å². The zero-order valence-electron chi connectivity index (χ0n) is 20.1. The van der Waals surface area contributed by atoms with Gasteiger partial charge < -0.3 is 33.6 Å². The number of benzene rings is 1. The number of esters is 2. The molecule has 0 aromatic heterocycles. The summed E-state index contributed by atoms with van der Waals surface area (Å²) >= 11 is 0. The smallest absolute Gasteiger partial charge is 0.410 e. The Hall–Kier alpha value is -3.34. The quantitative estimate of drug-likeness (QED) is 0.476. The second-order valence-corrected chi connectivity index (χ2v) is 8.80. The topological polar surface area (TPSA) is 97.9 Å². The lowest BCUT2D eigenvalue weighted by Gasteiger charge is -2.39. The summed E-state index contributed by atoms with van der Waals surface area (Å²) in [6, 6.07) is 4.17. The van der Waals surface area contributed by atoms with Crippen molar-refractivity contribution in [2.45, 2.75) is 26.4 Å². The van der Waals surface area contributed by atoms with Crippen LogP contribution < -0.4 is 9.80 Å². The van der Waals surface area contributed by atoms with Crippen molar-refractivity contribution in [3.05, 3.63) is 35.3 Å². The van der Waals surface area contributed by atoms with Crippen LogP contribution in [0.2, 0.25) is 0 Å². The third-order valence-corrected chi connectivity index (χ3v) is 5.33. The van der Waals surface area contributed by atoms with Gasteiger partial charge in [-0.2, -0.15) is 0 Å². The number of hydrogen-bond donors (Lipinski definition) is 0. The van der Waals surface area contributed by atoms with Crippen LogP contribution in [0.3, 0.4) is 0 Å². The minimum absolute atomic E-state index is 0.0226. The minimum atomic E-state index is -0.770. The second-order valence-electron chi connectivity index (χ2n) is 8.80. The highest BCUT2D eigenvalue weighted by Crippen LogP contribution is 2.36. The second kappa shape index (κ2) is 10.3. The molecule has 1 fully saturated rings. The van der Waals surface area contributed by atoms with Crippen molar-refractivity contribution in [1.29, 1.82) is 0 Å². The van der Waals surface area contributed by atoms with Crippen LogP contribution in [0.1, 0.15) is 20.8 Å². The molecule has 0 atom stereocenters. The molecule has 186 valence electrons. The normalized spacial score (nSPS) is 16.9. The van der Waals surface area contributed by atoms with Gasteiger partial charge in [-0.25, -0.2) is 18.8 Å². The lowest BCUT2D eigenvalue weighted by molar-refractivity contribution is -0.140. The van der Waals surface area contributed by atoms with Crippen LogP contribution in [0.25, 0.3) is 0 Å². The number of anilines is 2. The maximum Gasteiger partial charge on any atom is 0.410 e. The minimum Gasteiger partial charge on any atom is -0.466 e. The van der Waals surface area contributed by atoms with Gasteiger partial charge in [0.25, 0.3) is 0 Å². The van der Waals surface area contributed by atoms with Gasteiger partial charge in [0.05, 0.1) is 37.8 Å². The Bertz CT molecular complexity index is 981. The molecule has 11 heteroatoms. The Morgan fingerprint density at radius 2 is 1.62 bits per heavy atom. The maximum absolute atomic E-state index is 14.3. The number of ether oxygens (including phenoxy) is 4. The van der Waals surface area contributed by atoms with E-state index in [1.54, 1.807) is 11.0 Å². The first-order valence-corrected chi connectivity index (χ1v) is 10.8. The lowest BCUT2D eigenvalue weighted by Crippen LogP contribution is -2.50. The van der Waals surface area contributed by atoms with E-state index in [2.05, 4.69) is 0 Å². The molecule has 34 heavy (non-hydrogen) atoms. The third kappa shape index (κ3) is 5.58. The van der Waals surface area contributed by atoms with Crippen LogP contribution in [-0.2, 0) is 28.5 Å². The predicted molar refractivity (Wildman–Crippen MR) is 121 cm³/mol. The summed E-state index contributed by atoms with van der Waals surface area (Å²) in [5.41, 5.74) is 0.250. The molecule has 2 heterocycles. The molecule has 0 spiro atoms. The van der Waals surface area contributed by atoms with Crippen LogP contribution in [0.5, 0.6) is 0 Å². The SMILES string of the molecule is COC(=O)C1=C(C(=O)OC)N(c2cc(F)ccc2N2CCN(C(=O)OC(C)(C)C)CC2)COC1. The maximum atomic E-state index is 14.3. The molecule has 2 aliphatic heterocycles. The molecule has 1 aromatic carbocycles. The van der Waals surface area contributed by atoms with E-state index in [0.717, 1.165) is 0 Å². The molecule has 0 unspecified atom stereocenters. The predicted octanol–water partition coefficient (Wildman–Crippen LogP) is 2.28. The Labute approximate surface area is 197 Å². The van der Waals surface area contributed by atoms with Crippen molar-refractivity contribution in [2.24, 2.45) is 0 Å². The molecule has 1 amide bonds. The van der Waals surface area contributed by atoms with Gasteiger partial charge in [-0.15, -0.1) is 0 Å². The van der Waals surface area contributed by atoms with E-state index in [1.807, 2.05) is 25.7 Å². The van der Waals surface area contributed by atoms with Gasteiger partial charge in [0, 0.05) is 26.2 Å². The summed E-state index contributed by atoms with van der Waals surface area (Å²) in [6.07, 6.45) is -0.394. The molecule has 3 rings (SSSR count). The van der Waals surface area contributed by atoms with E-state index in [0.29, 0.717) is 37.6 Å². The number of hydrogen-bond acceptors (Lipinski definition) is 9. The highest BCUT2D eigenvalue weighted by atomic mass is 19.1. The Morgan fingerprint density at radius 1 is 0.971 bits per heavy atom. The molecular formula is C23H30FN3O7. The van der Waals surface area contributed by atoms with Gasteiger partial charge in [0.2, 0.25) is 0 Å². The molecule has 0 saturated carbocycles. The number of methoxy groups -OCH3 is 2. The van der Waals surface area contributed by atoms with Gasteiger partial charge in [-0.3, -0.25) is 0 Å². The first kappa shape index (κ1) is 25.3. The fraction of sp³-hybridized carbons (Fsp3) is 0.522. The number of amides is 1. The number of carbonyl (C=O) groups is 3. The zero-order chi connectivity index (χ0) is 25.0. The van der Waals surface area contributed by atoms with E-state index < -0.39 is 29.5 Å². The molecule has 1 saturated heterocycles. The van der Waals surface area contributed by atoms with Crippen LogP contribution in [0.4, 0.5) is 20.6 Å². The number of piperazine rings is 1. The average Bonchev–Trinajstić information content (AvgIpc) is 2.81. The van der Waals surface area contributed by atoms with Crippen molar-refractivity contribution in [3.8, 4) is 0 Å². The van der Waals surface area contributed by atoms with Crippen molar-refractivity contribution in [2.75, 3.05) is 63.5 Å². The number of halogens is 1. The molecule has 0 radical (unpaired) electrons. The van der Waals surface area contributed by atoms with Crippen LogP contribution in [0.15, 0.2) is 29.5 Å². The molecule has 0 aliphatic carbocycles. The molecule has 10 nitrogen and oxygen atoms in total. The first-order chi connectivity index (χ1) is 16.1. The van der Waals surface area contributed by atoms with Crippen molar-refractivity contribution in [3.63, 3.8) is 0 Å². The Balaban J connectivity index is 1.92. The zero-order valence-corrected chi connectivity index (χ0v) is 20.1. The standard InChI is InChI=1S/C23H30FN3O7/c1-23(2,3)34-22(30)26-10-8-25(9-11-26)17-7-6-15(24)12-18(17)27-14-33-13-16(20(28)31-4)19(27)21(29)32-5/h6-7,12H,8-11,13-14H2,1-5H3. The van der Waals surface area contributed by atoms with Gasteiger partial charge in [-0.05, 0) is 39.0 Å². The van der Waals surface area contributed by atoms with Crippen LogP contribution >= 0.6 is 0 Å². The number of carbonyl (C=O) groups excluding carboxylic acids is 3. The highest BCUT2D eigenvalue weighted by molar-refractivity contribution is 6.04. The van der Waals surface area contributed by atoms with Gasteiger partial charge in [0.1, 0.15) is 23.8 Å². The van der Waals surface area contributed by atoms with Gasteiger partial charge >= 0.3 is 18.0 Å². The number of nitrogens with zero attached hydrogens (tertiary/aromatic N) is 3. The lowest BCUT2D eigenvalue weighted by atomic mass is 10.1. The number of rotatable bonds is 4. The largest absolute Gasteiger partial charge is 0.466 e. The Kier molecular flexibility index (Phi) is 7.65. The fourth-order valence-corrected chi connectivity index (χ4v) is 3.77. The average molecular weight is 480 g/mol. The highest BCUT2D eigenvalue weighted by Gasteiger charge is 2.35. The van der Waals surface area contributed by atoms with E-state index >= 15 is 0 Å². The van der Waals surface area contributed by atoms with E-state index in [9.17, 15) is 18.8 Å². The van der Waals surface area contributed by atoms with Gasteiger partial charge in [-0.1, -0.05) is 0 Å². The molecule has 2 aliphatic rings. The first-order valence-electron chi connectivity index (χ1n) is 10.8. The van der Waals surface area contributed by atoms with Crippen molar-refractivity contribution in [1.82, 2.24) is 4.90 Å². The van der Waals surface area contributed by atoms with E-state index in [-0.39, 0.29) is 24.6 Å². The summed E-state index contributed by atoms with van der Waals surface area (Å²) in [5.74, 6) is -2.04. The van der Waals surface area contributed by atoms with Crippen LogP contribution in [-0.4, -0.2) is 82.3 Å². The Morgan fingerprint density at radius 3 is 2.21 bits per heavy atom. The van der Waals surface area contributed by atoms with E-state index in [4.69, 9.17) is 18.9 Å². The molecular weight excluding hydrogens is 449 g/mol. The summed E-state index contributed by atoms with van der Waals surface area (Å²) < 4.78 is 35.0. The third-order valence-electron chi connectivity index (χ3n) is 5.33. The fourth-order valence-electron chi connectivity index (χ4n) is 3.77. The van der Waals surface area contributed by atoms with Crippen molar-refractivity contribution >= 4 is 29.4 Å². The summed E-state index contributed by atoms with van der Waals surface area (Å²) in [5, 5.41) is 0. The van der Waals surface area contributed by atoms with Crippen molar-refractivity contribution < 1.29 is 37.7 Å². The summed E-state index contributed by atoms with van der Waals surface area (Å²) in [7, 11) is 2.39. The molecule has 0 N–H and O–H groups in total. The van der Waals surface area contributed by atoms with E-state index in [1.165, 1.54) is 31.3 Å². The van der Waals surface area contributed by atoms with Crippen LogP contribution in [0, 0.1) is 5.82 Å². The summed E-state index contributed by atoms with van der Waals surface area (Å²) in [6.45, 7) is 6.88. The summed E-state index contributed by atoms with van der Waals surface area (Å²) in [4.78, 5) is 42.3. The molecule has 0 bridgehead atoms.